The minimum atomic E-state index is 0.247. The average Bonchev–Trinajstić information content (AvgIpc) is 2.29. The van der Waals surface area contributed by atoms with E-state index in [4.69, 9.17) is 10.5 Å². The minimum absolute atomic E-state index is 0.247. The Balaban J connectivity index is 2.95. The summed E-state index contributed by atoms with van der Waals surface area (Å²) in [5, 5.41) is 3.31. The Morgan fingerprint density at radius 3 is 2.28 bits per heavy atom. The molecule has 0 rings (SSSR count). The number of rotatable bonds is 13. The van der Waals surface area contributed by atoms with Crippen molar-refractivity contribution in [3.8, 4) is 0 Å². The summed E-state index contributed by atoms with van der Waals surface area (Å²) in [7, 11) is 0. The van der Waals surface area contributed by atoms with Crippen LogP contribution >= 0.6 is 0 Å². The number of nitrogens with two attached hydrogens (primary N) is 1. The van der Waals surface area contributed by atoms with Gasteiger partial charge >= 0.3 is 0 Å². The maximum Gasteiger partial charge on any atom is 0.0478 e. The molecule has 18 heavy (non-hydrogen) atoms. The van der Waals surface area contributed by atoms with Crippen molar-refractivity contribution < 1.29 is 4.74 Å². The van der Waals surface area contributed by atoms with Crippen LogP contribution in [0.3, 0.4) is 0 Å². The fourth-order valence-electron chi connectivity index (χ4n) is 1.84. The third-order valence-electron chi connectivity index (χ3n) is 2.93. The first kappa shape index (κ1) is 17.9. The summed E-state index contributed by atoms with van der Waals surface area (Å²) in [4.78, 5) is 0. The highest BCUT2D eigenvalue weighted by Crippen LogP contribution is 2.09. The molecule has 1 unspecified atom stereocenters. The summed E-state index contributed by atoms with van der Waals surface area (Å²) in [6.07, 6.45) is 7.71. The van der Waals surface area contributed by atoms with E-state index in [9.17, 15) is 0 Å². The summed E-state index contributed by atoms with van der Waals surface area (Å²) < 4.78 is 5.60. The van der Waals surface area contributed by atoms with Gasteiger partial charge in [-0.05, 0) is 32.2 Å². The molecule has 3 N–H and O–H groups in total. The summed E-state index contributed by atoms with van der Waals surface area (Å²) in [6.45, 7) is 10.3. The minimum Gasteiger partial charge on any atom is -0.381 e. The first-order valence-electron chi connectivity index (χ1n) is 7.67. The second kappa shape index (κ2) is 13.3. The fraction of sp³-hybridized carbons (Fsp3) is 1.00. The normalized spacial score (nSPS) is 13.2. The maximum absolute atomic E-state index is 5.64. The van der Waals surface area contributed by atoms with Crippen molar-refractivity contribution in [3.05, 3.63) is 0 Å². The van der Waals surface area contributed by atoms with Crippen molar-refractivity contribution >= 4 is 0 Å². The molecular formula is C15H34N2O. The van der Waals surface area contributed by atoms with Crippen LogP contribution in [0.15, 0.2) is 0 Å². The number of hydrogen-bond donors (Lipinski definition) is 2. The van der Waals surface area contributed by atoms with Crippen LogP contribution in [0.25, 0.3) is 0 Å². The van der Waals surface area contributed by atoms with Crippen molar-refractivity contribution in [1.82, 2.24) is 5.32 Å². The van der Waals surface area contributed by atoms with Crippen molar-refractivity contribution in [2.45, 2.75) is 65.3 Å². The molecule has 0 aliphatic heterocycles. The van der Waals surface area contributed by atoms with Gasteiger partial charge in [0.2, 0.25) is 0 Å². The molecule has 3 heteroatoms. The molecule has 0 aromatic heterocycles. The summed E-state index contributed by atoms with van der Waals surface area (Å²) in [5.41, 5.74) is 5.64. The molecule has 0 aliphatic rings. The predicted molar refractivity (Wildman–Crippen MR) is 79.9 cm³/mol. The molecule has 0 aliphatic carbocycles. The topological polar surface area (TPSA) is 47.3 Å². The summed E-state index contributed by atoms with van der Waals surface area (Å²) in [6, 6.07) is 0.247. The first-order chi connectivity index (χ1) is 8.63. The lowest BCUT2D eigenvalue weighted by molar-refractivity contribution is 0.127. The van der Waals surface area contributed by atoms with E-state index in [2.05, 4.69) is 19.2 Å². The van der Waals surface area contributed by atoms with E-state index in [1.807, 2.05) is 6.92 Å². The Labute approximate surface area is 114 Å². The van der Waals surface area contributed by atoms with Gasteiger partial charge in [-0.2, -0.15) is 0 Å². The zero-order valence-corrected chi connectivity index (χ0v) is 12.7. The van der Waals surface area contributed by atoms with E-state index < -0.39 is 0 Å². The Kier molecular flexibility index (Phi) is 13.2. The number of ether oxygens (including phenoxy) is 1. The van der Waals surface area contributed by atoms with Crippen LogP contribution in [0.5, 0.6) is 0 Å². The summed E-state index contributed by atoms with van der Waals surface area (Å²) >= 11 is 0. The van der Waals surface area contributed by atoms with Crippen LogP contribution in [0, 0.1) is 5.92 Å². The van der Waals surface area contributed by atoms with E-state index in [0.29, 0.717) is 0 Å². The van der Waals surface area contributed by atoms with Crippen molar-refractivity contribution in [2.24, 2.45) is 11.7 Å². The lowest BCUT2D eigenvalue weighted by Crippen LogP contribution is -2.31. The quantitative estimate of drug-likeness (QED) is 0.499. The van der Waals surface area contributed by atoms with Gasteiger partial charge in [-0.3, -0.25) is 0 Å². The van der Waals surface area contributed by atoms with Crippen LogP contribution in [0.1, 0.15) is 59.3 Å². The maximum atomic E-state index is 5.64. The number of hydrogen-bond acceptors (Lipinski definition) is 3. The molecule has 0 bridgehead atoms. The molecule has 0 amide bonds. The smallest absolute Gasteiger partial charge is 0.0478 e. The van der Waals surface area contributed by atoms with Gasteiger partial charge < -0.3 is 15.8 Å². The van der Waals surface area contributed by atoms with Gasteiger partial charge in [-0.1, -0.05) is 39.5 Å². The monoisotopic (exact) mass is 258 g/mol. The summed E-state index contributed by atoms with van der Waals surface area (Å²) in [5.74, 6) is 0.852. The second-order valence-electron chi connectivity index (χ2n) is 5.74. The van der Waals surface area contributed by atoms with Gasteiger partial charge in [-0.25, -0.2) is 0 Å². The van der Waals surface area contributed by atoms with Gasteiger partial charge in [0, 0.05) is 25.8 Å². The zero-order valence-electron chi connectivity index (χ0n) is 12.7. The lowest BCUT2D eigenvalue weighted by atomic mass is 10.0. The van der Waals surface area contributed by atoms with Gasteiger partial charge in [0.05, 0.1) is 0 Å². The van der Waals surface area contributed by atoms with Crippen LogP contribution in [0.2, 0.25) is 0 Å². The highest BCUT2D eigenvalue weighted by atomic mass is 16.5. The number of nitrogens with one attached hydrogen (secondary N) is 1. The first-order valence-corrected chi connectivity index (χ1v) is 7.67. The van der Waals surface area contributed by atoms with E-state index in [1.54, 1.807) is 0 Å². The molecule has 1 atom stereocenters. The third-order valence-corrected chi connectivity index (χ3v) is 2.93. The highest BCUT2D eigenvalue weighted by Gasteiger charge is 1.95. The van der Waals surface area contributed by atoms with Crippen LogP contribution < -0.4 is 11.1 Å². The second-order valence-corrected chi connectivity index (χ2v) is 5.74. The van der Waals surface area contributed by atoms with Crippen molar-refractivity contribution in [2.75, 3.05) is 26.3 Å². The molecule has 0 fully saturated rings. The largest absolute Gasteiger partial charge is 0.381 e. The Bertz CT molecular complexity index is 143. The molecule has 0 heterocycles. The van der Waals surface area contributed by atoms with Crippen LogP contribution in [-0.2, 0) is 4.74 Å². The SMILES string of the molecule is CC(C)CCCCCCOCCCNCC(C)N. The molecule has 0 aromatic rings. The van der Waals surface area contributed by atoms with E-state index in [1.165, 1.54) is 32.1 Å². The molecule has 0 radical (unpaired) electrons. The van der Waals surface area contributed by atoms with Crippen molar-refractivity contribution in [1.29, 1.82) is 0 Å². The molecule has 0 saturated carbocycles. The third kappa shape index (κ3) is 15.9. The van der Waals surface area contributed by atoms with E-state index in [0.717, 1.165) is 38.6 Å². The fourth-order valence-corrected chi connectivity index (χ4v) is 1.84. The van der Waals surface area contributed by atoms with Crippen LogP contribution in [-0.4, -0.2) is 32.3 Å². The van der Waals surface area contributed by atoms with Crippen molar-refractivity contribution in [3.63, 3.8) is 0 Å². The Morgan fingerprint density at radius 1 is 0.944 bits per heavy atom. The van der Waals surface area contributed by atoms with Gasteiger partial charge in [0.1, 0.15) is 0 Å². The highest BCUT2D eigenvalue weighted by molar-refractivity contribution is 4.56. The predicted octanol–water partition coefficient (Wildman–Crippen LogP) is 2.94. The van der Waals surface area contributed by atoms with Gasteiger partial charge in [0.25, 0.3) is 0 Å². The molecule has 0 aromatic carbocycles. The van der Waals surface area contributed by atoms with E-state index >= 15 is 0 Å². The van der Waals surface area contributed by atoms with E-state index in [-0.39, 0.29) is 6.04 Å². The average molecular weight is 258 g/mol. The molecular weight excluding hydrogens is 224 g/mol. The van der Waals surface area contributed by atoms with Gasteiger partial charge in [0.15, 0.2) is 0 Å². The van der Waals surface area contributed by atoms with Crippen LogP contribution in [0.4, 0.5) is 0 Å². The molecule has 0 spiro atoms. The Hall–Kier alpha value is -0.120. The zero-order chi connectivity index (χ0) is 13.6. The Morgan fingerprint density at radius 2 is 1.61 bits per heavy atom. The molecule has 110 valence electrons. The number of unbranched alkanes of at least 4 members (excludes halogenated alkanes) is 3. The van der Waals surface area contributed by atoms with Gasteiger partial charge in [-0.15, -0.1) is 0 Å². The molecule has 0 saturated heterocycles. The molecule has 3 nitrogen and oxygen atoms in total. The standard InChI is InChI=1S/C15H34N2O/c1-14(2)9-6-4-5-7-11-18-12-8-10-17-13-15(3)16/h14-15,17H,4-13,16H2,1-3H3. The lowest BCUT2D eigenvalue weighted by Gasteiger charge is -2.08.